The van der Waals surface area contributed by atoms with Gasteiger partial charge >= 0.3 is 6.98 Å². The van der Waals surface area contributed by atoms with Crippen LogP contribution in [0.25, 0.3) is 11.1 Å². The summed E-state index contributed by atoms with van der Waals surface area (Å²) in [6, 6.07) is 38.3. The summed E-state index contributed by atoms with van der Waals surface area (Å²) in [5.41, 5.74) is 0.708. The van der Waals surface area contributed by atoms with Crippen LogP contribution in [-0.4, -0.2) is 6.98 Å². The third-order valence-corrected chi connectivity index (χ3v) is 9.06. The van der Waals surface area contributed by atoms with Gasteiger partial charge in [-0.05, 0) is 40.9 Å². The van der Waals surface area contributed by atoms with Crippen LogP contribution >= 0.6 is 0 Å². The van der Waals surface area contributed by atoms with Crippen molar-refractivity contribution in [2.75, 3.05) is 0 Å². The number of hydrogen-bond donors (Lipinski definition) is 0. The molecule has 0 heterocycles. The van der Waals surface area contributed by atoms with E-state index < -0.39 is 51.5 Å². The summed E-state index contributed by atoms with van der Waals surface area (Å²) in [7, 11) is -2.38. The Hall–Kier alpha value is -4.25. The molecule has 5 aromatic rings. The second-order valence-corrected chi connectivity index (χ2v) is 11.6. The molecule has 0 saturated carbocycles. The van der Waals surface area contributed by atoms with Crippen LogP contribution in [0.15, 0.2) is 125 Å². The van der Waals surface area contributed by atoms with Gasteiger partial charge in [-0.25, -0.2) is 22.0 Å². The average molecular weight is 604 g/mol. The minimum Gasteiger partial charge on any atom is -0.445 e. The van der Waals surface area contributed by atoms with E-state index in [1.54, 1.807) is 0 Å². The summed E-state index contributed by atoms with van der Waals surface area (Å²) in [4.78, 5) is 1.76. The van der Waals surface area contributed by atoms with Crippen molar-refractivity contribution in [3.63, 3.8) is 0 Å². The summed E-state index contributed by atoms with van der Waals surface area (Å²) < 4.78 is 112. The molecule has 0 saturated heterocycles. The predicted octanol–water partition coefficient (Wildman–Crippen LogP) is 8.91. The van der Waals surface area contributed by atoms with Gasteiger partial charge in [-0.1, -0.05) is 95.2 Å². The first-order chi connectivity index (χ1) is 19.9. The lowest BCUT2D eigenvalue weighted by Crippen LogP contribution is -2.41. The smallest absolute Gasteiger partial charge is 0.445 e. The molecule has 0 unspecified atom stereocenters. The fourth-order valence-corrected chi connectivity index (χ4v) is 6.61. The second kappa shape index (κ2) is 12.7. The van der Waals surface area contributed by atoms with E-state index in [-0.39, 0.29) is 0 Å². The van der Waals surface area contributed by atoms with Gasteiger partial charge in [-0.15, -0.1) is 0 Å². The molecule has 0 aliphatic rings. The van der Waals surface area contributed by atoms with E-state index in [1.165, 1.54) is 11.1 Å². The number of benzene rings is 5. The Bertz CT molecular complexity index is 1620. The maximum atomic E-state index is 14.1. The van der Waals surface area contributed by atoms with Gasteiger partial charge in [-0.2, -0.15) is 0 Å². The molecule has 1 nitrogen and oxygen atoms in total. The monoisotopic (exact) mass is 604 g/mol. The van der Waals surface area contributed by atoms with Crippen molar-refractivity contribution in [2.24, 2.45) is 0 Å². The summed E-state index contributed by atoms with van der Waals surface area (Å²) >= 11 is 0. The number of halogens is 8. The van der Waals surface area contributed by atoms with Crippen molar-refractivity contribution in [2.45, 2.75) is 15.5 Å². The van der Waals surface area contributed by atoms with Crippen molar-refractivity contribution in [1.29, 1.82) is 0 Å². The first-order valence-electron chi connectivity index (χ1n) is 12.4. The standard InChI is InChI=1S/C25H21OS.C6BF8/c26-27(24-12-6-2-7-13-24,25-14-8-3-9-15-25)20-21-16-18-23(19-17-21)22-10-4-1-5-11-22;8-2-1(7(13,14)15)3(9)5(11)6(12)4(2)10/h1-19H,20H2;/q+1;-1. The van der Waals surface area contributed by atoms with E-state index in [1.807, 2.05) is 78.9 Å². The highest BCUT2D eigenvalue weighted by atomic mass is 32.2. The molecular weight excluding hydrogens is 583 g/mol. The highest BCUT2D eigenvalue weighted by Gasteiger charge is 2.38. The quantitative estimate of drug-likeness (QED) is 0.0622. The molecule has 0 fully saturated rings. The van der Waals surface area contributed by atoms with E-state index >= 15 is 0 Å². The van der Waals surface area contributed by atoms with Crippen LogP contribution in [0.4, 0.5) is 34.9 Å². The van der Waals surface area contributed by atoms with E-state index in [0.29, 0.717) is 5.75 Å². The van der Waals surface area contributed by atoms with Gasteiger partial charge in [0.1, 0.15) is 17.4 Å². The SMILES string of the molecule is Fc1c(F)c(F)c([B-](F)(F)F)c(F)c1F.O=[S+](Cc1ccc(-c2ccccc2)cc1)(c1ccccc1)c1ccccc1. The maximum Gasteiger partial charge on any atom is 0.515 e. The Kier molecular flexibility index (Phi) is 9.31. The summed E-state index contributed by atoms with van der Waals surface area (Å²) in [5.74, 6) is -13.1. The molecule has 0 atom stereocenters. The van der Waals surface area contributed by atoms with Gasteiger partial charge in [0.05, 0.1) is 0 Å². The van der Waals surface area contributed by atoms with Crippen LogP contribution in [0, 0.1) is 29.1 Å². The third-order valence-electron chi connectivity index (χ3n) is 6.25. The number of rotatable bonds is 6. The lowest BCUT2D eigenvalue weighted by Gasteiger charge is -2.17. The summed E-state index contributed by atoms with van der Waals surface area (Å²) in [6.07, 6.45) is 0. The van der Waals surface area contributed by atoms with E-state index in [0.717, 1.165) is 15.4 Å². The first-order valence-corrected chi connectivity index (χ1v) is 14.1. The highest BCUT2D eigenvalue weighted by Crippen LogP contribution is 2.33. The Balaban J connectivity index is 0.000000230. The predicted molar refractivity (Wildman–Crippen MR) is 148 cm³/mol. The first kappa shape index (κ1) is 30.7. The topological polar surface area (TPSA) is 17.1 Å². The van der Waals surface area contributed by atoms with Gasteiger partial charge in [0.25, 0.3) is 0 Å². The lowest BCUT2D eigenvalue weighted by molar-refractivity contribution is 0.377. The molecule has 216 valence electrons. The Morgan fingerprint density at radius 2 is 0.833 bits per heavy atom. The lowest BCUT2D eigenvalue weighted by atomic mass is 9.79. The van der Waals surface area contributed by atoms with Crippen LogP contribution in [0.3, 0.4) is 0 Å². The zero-order chi connectivity index (χ0) is 30.5. The third kappa shape index (κ3) is 6.62. The molecule has 5 rings (SSSR count). The van der Waals surface area contributed by atoms with Gasteiger partial charge < -0.3 is 12.9 Å². The van der Waals surface area contributed by atoms with Crippen LogP contribution in [0.5, 0.6) is 0 Å². The molecule has 0 amide bonds. The molecule has 0 aromatic heterocycles. The summed E-state index contributed by atoms with van der Waals surface area (Å²) in [5, 5.41) is 0. The van der Waals surface area contributed by atoms with Crippen molar-refractivity contribution in [3.8, 4) is 11.1 Å². The summed E-state index contributed by atoms with van der Waals surface area (Å²) in [6.45, 7) is -6.30. The van der Waals surface area contributed by atoms with Crippen LogP contribution < -0.4 is 5.46 Å². The highest BCUT2D eigenvalue weighted by molar-refractivity contribution is 8.02. The van der Waals surface area contributed by atoms with Gasteiger partial charge in [0, 0.05) is 5.56 Å². The zero-order valence-electron chi connectivity index (χ0n) is 21.6. The van der Waals surface area contributed by atoms with E-state index in [4.69, 9.17) is 0 Å². The van der Waals surface area contributed by atoms with Gasteiger partial charge in [-0.3, -0.25) is 0 Å². The second-order valence-electron chi connectivity index (χ2n) is 9.07. The van der Waals surface area contributed by atoms with Crippen LogP contribution in [0.2, 0.25) is 0 Å². The van der Waals surface area contributed by atoms with Gasteiger partial charge in [0.2, 0.25) is 0 Å². The molecule has 5 aromatic carbocycles. The molecular formula is C31H21BF8OS. The molecule has 0 spiro atoms. The zero-order valence-corrected chi connectivity index (χ0v) is 22.4. The largest absolute Gasteiger partial charge is 0.515 e. The van der Waals surface area contributed by atoms with Crippen LogP contribution in [-0.2, 0) is 19.9 Å². The molecule has 42 heavy (non-hydrogen) atoms. The Morgan fingerprint density at radius 3 is 1.24 bits per heavy atom. The maximum absolute atomic E-state index is 14.1. The van der Waals surface area contributed by atoms with E-state index in [9.17, 15) is 39.1 Å². The van der Waals surface area contributed by atoms with Crippen LogP contribution in [0.1, 0.15) is 5.56 Å². The molecule has 0 aliphatic carbocycles. The van der Waals surface area contributed by atoms with Gasteiger partial charge in [0.15, 0.2) is 37.2 Å². The Morgan fingerprint density at radius 1 is 0.476 bits per heavy atom. The number of hydrogen-bond acceptors (Lipinski definition) is 1. The molecule has 11 heteroatoms. The van der Waals surface area contributed by atoms with Crippen molar-refractivity contribution in [1.82, 2.24) is 0 Å². The fourth-order valence-electron chi connectivity index (χ4n) is 4.15. The average Bonchev–Trinajstić information content (AvgIpc) is 3.00. The molecule has 0 N–H and O–H groups in total. The molecule has 0 aliphatic heterocycles. The minimum absolute atomic E-state index is 0.496. The van der Waals surface area contributed by atoms with Crippen molar-refractivity contribution >= 4 is 22.4 Å². The van der Waals surface area contributed by atoms with Crippen molar-refractivity contribution < 1.29 is 39.1 Å². The Labute approximate surface area is 238 Å². The molecule has 0 radical (unpaired) electrons. The minimum atomic E-state index is -6.30. The fraction of sp³-hybridized carbons (Fsp3) is 0.0323. The van der Waals surface area contributed by atoms with E-state index in [2.05, 4.69) is 36.4 Å². The molecule has 0 bridgehead atoms. The van der Waals surface area contributed by atoms with Crippen molar-refractivity contribution in [3.05, 3.63) is 150 Å². The normalized spacial score (nSPS) is 11.5.